The summed E-state index contributed by atoms with van der Waals surface area (Å²) in [4.78, 5) is 27.7. The standard InChI is InChI=1S/C27H23ClFN3O3S/c1-35-22-13-7-11-18(24(22)29)23-25(33)31(14-20(30)16-8-3-2-4-9-16)27(34)32-21(15-36-26(23)32)17-10-5-6-12-19(17)28/h2-13,20-21H,14-15,30H2,1H3. The van der Waals surface area contributed by atoms with Crippen LogP contribution in [0.4, 0.5) is 4.39 Å². The first-order valence-electron chi connectivity index (χ1n) is 11.3. The van der Waals surface area contributed by atoms with Crippen LogP contribution in [0.1, 0.15) is 23.2 Å². The highest BCUT2D eigenvalue weighted by Gasteiger charge is 2.34. The van der Waals surface area contributed by atoms with Crippen LogP contribution in [0.2, 0.25) is 5.02 Å². The molecule has 0 fully saturated rings. The van der Waals surface area contributed by atoms with Gasteiger partial charge in [0, 0.05) is 22.4 Å². The van der Waals surface area contributed by atoms with Gasteiger partial charge < -0.3 is 10.5 Å². The third-order valence-corrected chi connectivity index (χ3v) is 7.84. The Morgan fingerprint density at radius 2 is 1.81 bits per heavy atom. The Hall–Kier alpha value is -3.33. The van der Waals surface area contributed by atoms with Gasteiger partial charge in [-0.2, -0.15) is 0 Å². The second kappa shape index (κ2) is 9.97. The fourth-order valence-corrected chi connectivity index (χ4v) is 6.12. The van der Waals surface area contributed by atoms with Gasteiger partial charge in [0.25, 0.3) is 5.56 Å². The van der Waals surface area contributed by atoms with Crippen molar-refractivity contribution in [3.8, 4) is 16.9 Å². The molecule has 1 aliphatic heterocycles. The number of nitrogens with two attached hydrogens (primary N) is 1. The summed E-state index contributed by atoms with van der Waals surface area (Å²) in [5, 5.41) is 0.905. The molecular weight excluding hydrogens is 501 g/mol. The predicted molar refractivity (Wildman–Crippen MR) is 141 cm³/mol. The number of thioether (sulfide) groups is 1. The summed E-state index contributed by atoms with van der Waals surface area (Å²) in [6.07, 6.45) is 0. The van der Waals surface area contributed by atoms with Gasteiger partial charge in [0.15, 0.2) is 11.6 Å². The van der Waals surface area contributed by atoms with Gasteiger partial charge in [-0.25, -0.2) is 9.18 Å². The molecule has 1 aliphatic rings. The number of hydrogen-bond acceptors (Lipinski definition) is 5. The second-order valence-electron chi connectivity index (χ2n) is 8.44. The number of hydrogen-bond donors (Lipinski definition) is 1. The first-order chi connectivity index (χ1) is 17.4. The maximum Gasteiger partial charge on any atom is 0.332 e. The molecule has 1 aromatic heterocycles. The SMILES string of the molecule is COc1cccc(-c2c3n(c(=O)n(CC(N)c4ccccc4)c2=O)C(c2ccccc2Cl)CS3)c1F. The van der Waals surface area contributed by atoms with Crippen molar-refractivity contribution in [2.75, 3.05) is 12.9 Å². The summed E-state index contributed by atoms with van der Waals surface area (Å²) >= 11 is 7.82. The van der Waals surface area contributed by atoms with E-state index in [1.54, 1.807) is 16.7 Å². The molecule has 6 nitrogen and oxygen atoms in total. The maximum atomic E-state index is 15.4. The molecule has 3 aromatic carbocycles. The summed E-state index contributed by atoms with van der Waals surface area (Å²) in [7, 11) is 1.36. The van der Waals surface area contributed by atoms with Gasteiger partial charge in [0.1, 0.15) is 0 Å². The third kappa shape index (κ3) is 4.15. The molecule has 4 aromatic rings. The minimum Gasteiger partial charge on any atom is -0.494 e. The Kier molecular flexibility index (Phi) is 6.75. The highest BCUT2D eigenvalue weighted by molar-refractivity contribution is 7.99. The lowest BCUT2D eigenvalue weighted by Gasteiger charge is -2.21. The quantitative estimate of drug-likeness (QED) is 0.365. The molecule has 0 saturated carbocycles. The molecule has 2 atom stereocenters. The second-order valence-corrected chi connectivity index (χ2v) is 9.85. The zero-order chi connectivity index (χ0) is 25.4. The van der Waals surface area contributed by atoms with Crippen LogP contribution in [0.15, 0.2) is 87.4 Å². The fraction of sp³-hybridized carbons (Fsp3) is 0.185. The van der Waals surface area contributed by atoms with Crippen molar-refractivity contribution in [1.82, 2.24) is 9.13 Å². The van der Waals surface area contributed by atoms with E-state index >= 15 is 4.39 Å². The van der Waals surface area contributed by atoms with Crippen LogP contribution < -0.4 is 21.7 Å². The lowest BCUT2D eigenvalue weighted by molar-refractivity contribution is 0.387. The smallest absolute Gasteiger partial charge is 0.332 e. The predicted octanol–water partition coefficient (Wildman–Crippen LogP) is 4.87. The van der Waals surface area contributed by atoms with Crippen LogP contribution >= 0.6 is 23.4 Å². The van der Waals surface area contributed by atoms with Crippen molar-refractivity contribution >= 4 is 23.4 Å². The molecule has 2 N–H and O–H groups in total. The zero-order valence-electron chi connectivity index (χ0n) is 19.4. The molecule has 0 bridgehead atoms. The number of nitrogens with zero attached hydrogens (tertiary/aromatic N) is 2. The van der Waals surface area contributed by atoms with Crippen molar-refractivity contribution < 1.29 is 9.13 Å². The van der Waals surface area contributed by atoms with Crippen molar-refractivity contribution in [3.63, 3.8) is 0 Å². The molecule has 36 heavy (non-hydrogen) atoms. The first-order valence-corrected chi connectivity index (χ1v) is 12.7. The summed E-state index contributed by atoms with van der Waals surface area (Å²) in [5.41, 5.74) is 7.01. The fourth-order valence-electron chi connectivity index (χ4n) is 4.53. The molecular formula is C27H23ClFN3O3S. The number of methoxy groups -OCH3 is 1. The Balaban J connectivity index is 1.77. The average molecular weight is 524 g/mol. The molecule has 5 rings (SSSR count). The molecule has 9 heteroatoms. The number of aromatic nitrogens is 2. The molecule has 184 valence electrons. The molecule has 0 saturated heterocycles. The third-order valence-electron chi connectivity index (χ3n) is 6.34. The Morgan fingerprint density at radius 3 is 2.53 bits per heavy atom. The summed E-state index contributed by atoms with van der Waals surface area (Å²) < 4.78 is 23.2. The molecule has 0 aliphatic carbocycles. The van der Waals surface area contributed by atoms with E-state index in [4.69, 9.17) is 22.1 Å². The van der Waals surface area contributed by atoms with Gasteiger partial charge in [0.2, 0.25) is 0 Å². The lowest BCUT2D eigenvalue weighted by atomic mass is 10.0. The number of rotatable bonds is 6. The van der Waals surface area contributed by atoms with Crippen molar-refractivity contribution in [3.05, 3.63) is 116 Å². The normalized spacial score (nSPS) is 15.5. The van der Waals surface area contributed by atoms with Gasteiger partial charge in [-0.05, 0) is 23.3 Å². The molecule has 0 radical (unpaired) electrons. The highest BCUT2D eigenvalue weighted by atomic mass is 35.5. The number of benzene rings is 3. The summed E-state index contributed by atoms with van der Waals surface area (Å²) in [6, 6.07) is 20.1. The Bertz CT molecular complexity index is 1550. The largest absolute Gasteiger partial charge is 0.494 e. The van der Waals surface area contributed by atoms with Gasteiger partial charge in [-0.3, -0.25) is 13.9 Å². The Labute approximate surface area is 216 Å². The Morgan fingerprint density at radius 1 is 1.08 bits per heavy atom. The number of halogens is 2. The van der Waals surface area contributed by atoms with E-state index < -0.39 is 29.1 Å². The highest BCUT2D eigenvalue weighted by Crippen LogP contribution is 2.42. The topological polar surface area (TPSA) is 79.2 Å². The monoisotopic (exact) mass is 523 g/mol. The van der Waals surface area contributed by atoms with E-state index in [0.717, 1.165) is 15.7 Å². The lowest BCUT2D eigenvalue weighted by Crippen LogP contribution is -2.44. The first kappa shape index (κ1) is 24.4. The van der Waals surface area contributed by atoms with Crippen LogP contribution in [0.25, 0.3) is 11.1 Å². The molecule has 0 amide bonds. The summed E-state index contributed by atoms with van der Waals surface area (Å²) in [6.45, 7) is -0.0690. The van der Waals surface area contributed by atoms with Crippen molar-refractivity contribution in [2.24, 2.45) is 5.73 Å². The van der Waals surface area contributed by atoms with Crippen LogP contribution in [-0.4, -0.2) is 22.0 Å². The van der Waals surface area contributed by atoms with E-state index in [-0.39, 0.29) is 23.4 Å². The van der Waals surface area contributed by atoms with Gasteiger partial charge in [-0.15, -0.1) is 11.8 Å². The minimum absolute atomic E-state index is 0.00929. The minimum atomic E-state index is -0.667. The van der Waals surface area contributed by atoms with Gasteiger partial charge >= 0.3 is 5.69 Å². The molecule has 0 spiro atoms. The number of fused-ring (bicyclic) bond motifs is 1. The summed E-state index contributed by atoms with van der Waals surface area (Å²) in [5.74, 6) is -0.194. The van der Waals surface area contributed by atoms with E-state index in [9.17, 15) is 9.59 Å². The van der Waals surface area contributed by atoms with E-state index in [0.29, 0.717) is 15.8 Å². The van der Waals surface area contributed by atoms with Crippen LogP contribution in [0, 0.1) is 5.82 Å². The van der Waals surface area contributed by atoms with E-state index in [1.165, 1.54) is 31.0 Å². The zero-order valence-corrected chi connectivity index (χ0v) is 20.9. The van der Waals surface area contributed by atoms with Gasteiger partial charge in [-0.1, -0.05) is 72.3 Å². The molecule has 2 heterocycles. The van der Waals surface area contributed by atoms with Gasteiger partial charge in [0.05, 0.1) is 30.3 Å². The van der Waals surface area contributed by atoms with E-state index in [2.05, 4.69) is 0 Å². The van der Waals surface area contributed by atoms with Crippen molar-refractivity contribution in [1.29, 1.82) is 0 Å². The average Bonchev–Trinajstić information content (AvgIpc) is 3.33. The van der Waals surface area contributed by atoms with Crippen LogP contribution in [-0.2, 0) is 6.54 Å². The maximum absolute atomic E-state index is 15.4. The van der Waals surface area contributed by atoms with Crippen molar-refractivity contribution in [2.45, 2.75) is 23.7 Å². The van der Waals surface area contributed by atoms with Crippen LogP contribution in [0.5, 0.6) is 5.75 Å². The molecule has 2 unspecified atom stereocenters. The van der Waals surface area contributed by atoms with E-state index in [1.807, 2.05) is 48.5 Å². The van der Waals surface area contributed by atoms with Crippen LogP contribution in [0.3, 0.4) is 0 Å². The number of ether oxygens (including phenoxy) is 1.